The number of rotatable bonds is 6. The van der Waals surface area contributed by atoms with Gasteiger partial charge in [-0.3, -0.25) is 4.98 Å². The standard InChI is InChI=1S/C12H19N3O2S/c1-13-12(18)15(9-11(16-2)17-3)8-10-5-4-6-14-7-10/h4-7,11H,8-9H2,1-3H3,(H,13,18). The van der Waals surface area contributed by atoms with E-state index >= 15 is 0 Å². The number of ether oxygens (including phenoxy) is 2. The second kappa shape index (κ2) is 7.97. The molecule has 0 spiro atoms. The maximum Gasteiger partial charge on any atom is 0.174 e. The topological polar surface area (TPSA) is 46.6 Å². The molecule has 0 aliphatic rings. The van der Waals surface area contributed by atoms with Crippen LogP contribution in [0.3, 0.4) is 0 Å². The monoisotopic (exact) mass is 269 g/mol. The smallest absolute Gasteiger partial charge is 0.174 e. The van der Waals surface area contributed by atoms with Gasteiger partial charge >= 0.3 is 0 Å². The number of pyridine rings is 1. The Labute approximate surface area is 113 Å². The van der Waals surface area contributed by atoms with Gasteiger partial charge in [0.05, 0.1) is 6.54 Å². The molecular weight excluding hydrogens is 250 g/mol. The van der Waals surface area contributed by atoms with E-state index in [9.17, 15) is 0 Å². The Balaban J connectivity index is 2.69. The molecule has 1 aromatic heterocycles. The highest BCUT2D eigenvalue weighted by Crippen LogP contribution is 2.06. The van der Waals surface area contributed by atoms with Gasteiger partial charge in [-0.15, -0.1) is 0 Å². The zero-order valence-electron chi connectivity index (χ0n) is 10.9. The Morgan fingerprint density at radius 3 is 2.72 bits per heavy atom. The van der Waals surface area contributed by atoms with Crippen molar-refractivity contribution >= 4 is 17.3 Å². The Hall–Kier alpha value is -1.24. The summed E-state index contributed by atoms with van der Waals surface area (Å²) in [4.78, 5) is 6.07. The van der Waals surface area contributed by atoms with Crippen LogP contribution in [0, 0.1) is 0 Å². The first-order valence-corrected chi connectivity index (χ1v) is 6.03. The van der Waals surface area contributed by atoms with Crippen LogP contribution >= 0.6 is 12.2 Å². The number of nitrogens with one attached hydrogen (secondary N) is 1. The van der Waals surface area contributed by atoms with Gasteiger partial charge in [-0.25, -0.2) is 0 Å². The molecule has 1 N–H and O–H groups in total. The summed E-state index contributed by atoms with van der Waals surface area (Å²) in [6, 6.07) is 3.91. The summed E-state index contributed by atoms with van der Waals surface area (Å²) in [7, 11) is 5.02. The lowest BCUT2D eigenvalue weighted by atomic mass is 10.2. The summed E-state index contributed by atoms with van der Waals surface area (Å²) in [5.74, 6) is 0. The van der Waals surface area contributed by atoms with Crippen LogP contribution in [0.4, 0.5) is 0 Å². The van der Waals surface area contributed by atoms with Crippen LogP contribution in [0.1, 0.15) is 5.56 Å². The highest BCUT2D eigenvalue weighted by atomic mass is 32.1. The van der Waals surface area contributed by atoms with E-state index in [1.54, 1.807) is 27.5 Å². The van der Waals surface area contributed by atoms with Crippen molar-refractivity contribution in [3.8, 4) is 0 Å². The van der Waals surface area contributed by atoms with E-state index in [0.717, 1.165) is 5.56 Å². The zero-order chi connectivity index (χ0) is 13.4. The summed E-state index contributed by atoms with van der Waals surface area (Å²) >= 11 is 5.27. The zero-order valence-corrected chi connectivity index (χ0v) is 11.7. The van der Waals surface area contributed by atoms with E-state index in [-0.39, 0.29) is 6.29 Å². The third kappa shape index (κ3) is 4.56. The van der Waals surface area contributed by atoms with E-state index in [1.165, 1.54) is 0 Å². The summed E-state index contributed by atoms with van der Waals surface area (Å²) in [5.41, 5.74) is 1.08. The minimum absolute atomic E-state index is 0.312. The molecule has 0 unspecified atom stereocenters. The first kappa shape index (κ1) is 14.8. The molecular formula is C12H19N3O2S. The van der Waals surface area contributed by atoms with Crippen LogP contribution in [-0.2, 0) is 16.0 Å². The number of methoxy groups -OCH3 is 2. The van der Waals surface area contributed by atoms with Gasteiger partial charge in [0.25, 0.3) is 0 Å². The van der Waals surface area contributed by atoms with Gasteiger partial charge in [0.2, 0.25) is 0 Å². The summed E-state index contributed by atoms with van der Waals surface area (Å²) in [5, 5.41) is 3.62. The molecule has 0 fully saturated rings. The molecule has 1 rings (SSSR count). The van der Waals surface area contributed by atoms with Gasteiger partial charge in [-0.1, -0.05) is 6.07 Å². The molecule has 0 amide bonds. The van der Waals surface area contributed by atoms with Crippen molar-refractivity contribution < 1.29 is 9.47 Å². The Morgan fingerprint density at radius 2 is 2.22 bits per heavy atom. The summed E-state index contributed by atoms with van der Waals surface area (Å²) < 4.78 is 10.4. The van der Waals surface area contributed by atoms with Crippen molar-refractivity contribution in [2.24, 2.45) is 0 Å². The Kier molecular flexibility index (Phi) is 6.56. The predicted octanol–water partition coefficient (Wildman–Crippen LogP) is 1.01. The highest BCUT2D eigenvalue weighted by molar-refractivity contribution is 7.80. The molecule has 0 aliphatic heterocycles. The normalized spacial score (nSPS) is 10.4. The van der Waals surface area contributed by atoms with Crippen molar-refractivity contribution in [3.05, 3.63) is 30.1 Å². The fourth-order valence-electron chi connectivity index (χ4n) is 1.51. The number of aromatic nitrogens is 1. The predicted molar refractivity (Wildman–Crippen MR) is 74.1 cm³/mol. The maximum atomic E-state index is 5.27. The SMILES string of the molecule is CNC(=S)N(Cc1cccnc1)CC(OC)OC. The van der Waals surface area contributed by atoms with E-state index in [4.69, 9.17) is 21.7 Å². The van der Waals surface area contributed by atoms with Crippen LogP contribution in [0.15, 0.2) is 24.5 Å². The number of hydrogen-bond acceptors (Lipinski definition) is 4. The lowest BCUT2D eigenvalue weighted by Crippen LogP contribution is -2.42. The van der Waals surface area contributed by atoms with Crippen LogP contribution in [0.25, 0.3) is 0 Å². The number of nitrogens with zero attached hydrogens (tertiary/aromatic N) is 2. The average molecular weight is 269 g/mol. The molecule has 0 aliphatic carbocycles. The molecule has 100 valence electrons. The van der Waals surface area contributed by atoms with Crippen molar-refractivity contribution in [1.82, 2.24) is 15.2 Å². The summed E-state index contributed by atoms with van der Waals surface area (Å²) in [6.07, 6.45) is 3.25. The second-order valence-corrected chi connectivity index (χ2v) is 4.08. The molecule has 0 bridgehead atoms. The first-order chi connectivity index (χ1) is 8.71. The van der Waals surface area contributed by atoms with Gasteiger partial charge in [0.1, 0.15) is 0 Å². The Bertz CT molecular complexity index is 358. The second-order valence-electron chi connectivity index (χ2n) is 3.70. The summed E-state index contributed by atoms with van der Waals surface area (Å²) in [6.45, 7) is 1.22. The molecule has 1 aromatic rings. The molecule has 0 radical (unpaired) electrons. The van der Waals surface area contributed by atoms with Crippen LogP contribution in [0.2, 0.25) is 0 Å². The maximum absolute atomic E-state index is 5.27. The quantitative estimate of drug-likeness (QED) is 0.614. The molecule has 0 saturated carbocycles. The molecule has 0 aromatic carbocycles. The fraction of sp³-hybridized carbons (Fsp3) is 0.500. The minimum Gasteiger partial charge on any atom is -0.366 e. The number of thiocarbonyl (C=S) groups is 1. The van der Waals surface area contributed by atoms with E-state index in [1.807, 2.05) is 23.2 Å². The third-order valence-electron chi connectivity index (χ3n) is 2.49. The minimum atomic E-state index is -0.312. The molecule has 6 heteroatoms. The van der Waals surface area contributed by atoms with Crippen molar-refractivity contribution in [2.45, 2.75) is 12.8 Å². The van der Waals surface area contributed by atoms with Crippen molar-refractivity contribution in [3.63, 3.8) is 0 Å². The van der Waals surface area contributed by atoms with Crippen molar-refractivity contribution in [1.29, 1.82) is 0 Å². The van der Waals surface area contributed by atoms with Crippen molar-refractivity contribution in [2.75, 3.05) is 27.8 Å². The molecule has 18 heavy (non-hydrogen) atoms. The molecule has 0 saturated heterocycles. The van der Waals surface area contributed by atoms with Gasteiger partial charge in [0, 0.05) is 40.2 Å². The van der Waals surface area contributed by atoms with Crippen LogP contribution < -0.4 is 5.32 Å². The van der Waals surface area contributed by atoms with Gasteiger partial charge in [-0.05, 0) is 23.8 Å². The van der Waals surface area contributed by atoms with Gasteiger partial charge in [-0.2, -0.15) is 0 Å². The lowest BCUT2D eigenvalue weighted by Gasteiger charge is -2.28. The van der Waals surface area contributed by atoms with E-state index < -0.39 is 0 Å². The van der Waals surface area contributed by atoms with Gasteiger partial charge in [0.15, 0.2) is 11.4 Å². The highest BCUT2D eigenvalue weighted by Gasteiger charge is 2.15. The van der Waals surface area contributed by atoms with Gasteiger partial charge < -0.3 is 19.7 Å². The molecule has 5 nitrogen and oxygen atoms in total. The molecule has 1 heterocycles. The van der Waals surface area contributed by atoms with Crippen LogP contribution in [0.5, 0.6) is 0 Å². The van der Waals surface area contributed by atoms with Crippen LogP contribution in [-0.4, -0.2) is 49.1 Å². The third-order valence-corrected chi connectivity index (χ3v) is 2.95. The average Bonchev–Trinajstić information content (AvgIpc) is 2.43. The lowest BCUT2D eigenvalue weighted by molar-refractivity contribution is -0.110. The largest absolute Gasteiger partial charge is 0.366 e. The Morgan fingerprint density at radius 1 is 1.50 bits per heavy atom. The van der Waals surface area contributed by atoms with E-state index in [0.29, 0.717) is 18.2 Å². The fourth-order valence-corrected chi connectivity index (χ4v) is 1.65. The number of hydrogen-bond donors (Lipinski definition) is 1. The molecule has 0 atom stereocenters. The first-order valence-electron chi connectivity index (χ1n) is 5.62. The van der Waals surface area contributed by atoms with E-state index in [2.05, 4.69) is 10.3 Å².